The Morgan fingerprint density at radius 2 is 1.95 bits per heavy atom. The summed E-state index contributed by atoms with van der Waals surface area (Å²) in [5, 5.41) is 0.979. The fourth-order valence-corrected chi connectivity index (χ4v) is 3.41. The zero-order valence-electron chi connectivity index (χ0n) is 10.7. The first-order valence-corrected chi connectivity index (χ1v) is 7.37. The molecule has 0 atom stereocenters. The Bertz CT molecular complexity index is 752. The summed E-state index contributed by atoms with van der Waals surface area (Å²) in [6.45, 7) is 0.702. The van der Waals surface area contributed by atoms with Gasteiger partial charge < -0.3 is 4.74 Å². The molecule has 0 fully saturated rings. The van der Waals surface area contributed by atoms with Gasteiger partial charge in [0.2, 0.25) is 0 Å². The molecule has 4 heteroatoms. The minimum absolute atomic E-state index is 0.702. The fourth-order valence-electron chi connectivity index (χ4n) is 2.37. The number of pyridine rings is 1. The molecule has 1 aromatic carbocycles. The van der Waals surface area contributed by atoms with Crippen molar-refractivity contribution in [3.8, 4) is 27.7 Å². The van der Waals surface area contributed by atoms with Crippen LogP contribution in [0.2, 0.25) is 0 Å². The van der Waals surface area contributed by atoms with Gasteiger partial charge in [0.25, 0.3) is 0 Å². The molecule has 0 N–H and O–H groups in total. The number of hydrogen-bond acceptors (Lipinski definition) is 4. The van der Waals surface area contributed by atoms with Crippen LogP contribution in [0.25, 0.3) is 22.0 Å². The molecule has 0 saturated heterocycles. The Morgan fingerprint density at radius 1 is 1.05 bits per heavy atom. The highest BCUT2D eigenvalue weighted by Crippen LogP contribution is 2.39. The van der Waals surface area contributed by atoms with Gasteiger partial charge in [-0.3, -0.25) is 4.98 Å². The number of nitrogens with zero attached hydrogens (tertiary/aromatic N) is 2. The first-order chi connectivity index (χ1) is 9.92. The van der Waals surface area contributed by atoms with Crippen molar-refractivity contribution in [3.63, 3.8) is 0 Å². The van der Waals surface area contributed by atoms with Crippen molar-refractivity contribution in [1.29, 1.82) is 0 Å². The zero-order chi connectivity index (χ0) is 13.4. The normalized spacial score (nSPS) is 13.0. The summed E-state index contributed by atoms with van der Waals surface area (Å²) in [5.41, 5.74) is 3.06. The lowest BCUT2D eigenvalue weighted by atomic mass is 10.1. The molecular formula is C16H12N2OS. The molecule has 3 heterocycles. The van der Waals surface area contributed by atoms with Gasteiger partial charge in [-0.05, 0) is 24.3 Å². The van der Waals surface area contributed by atoms with E-state index in [2.05, 4.69) is 11.1 Å². The summed E-state index contributed by atoms with van der Waals surface area (Å²) in [6.07, 6.45) is 2.70. The first kappa shape index (κ1) is 11.6. The molecule has 0 amide bonds. The highest BCUT2D eigenvalue weighted by molar-refractivity contribution is 7.15. The van der Waals surface area contributed by atoms with Gasteiger partial charge >= 0.3 is 0 Å². The minimum atomic E-state index is 0.702. The molecule has 1 aliphatic rings. The van der Waals surface area contributed by atoms with Crippen molar-refractivity contribution in [2.45, 2.75) is 6.42 Å². The van der Waals surface area contributed by atoms with Crippen LogP contribution in [0.1, 0.15) is 4.88 Å². The van der Waals surface area contributed by atoms with Crippen molar-refractivity contribution in [2.75, 3.05) is 6.61 Å². The van der Waals surface area contributed by atoms with Gasteiger partial charge in [0.05, 0.1) is 18.0 Å². The van der Waals surface area contributed by atoms with Crippen LogP contribution in [0.4, 0.5) is 0 Å². The first-order valence-electron chi connectivity index (χ1n) is 6.55. The van der Waals surface area contributed by atoms with E-state index in [0.29, 0.717) is 6.61 Å². The van der Waals surface area contributed by atoms with E-state index in [1.54, 1.807) is 17.5 Å². The number of para-hydroxylation sites is 1. The van der Waals surface area contributed by atoms with E-state index in [1.165, 1.54) is 4.88 Å². The molecule has 2 aromatic heterocycles. The quantitative estimate of drug-likeness (QED) is 0.680. The predicted octanol–water partition coefficient (Wildman–Crippen LogP) is 3.81. The van der Waals surface area contributed by atoms with Gasteiger partial charge in [0.15, 0.2) is 0 Å². The van der Waals surface area contributed by atoms with Crippen LogP contribution in [-0.4, -0.2) is 16.6 Å². The standard InChI is InChI=1S/C16H12N2OS/c1-2-7-13-11(5-1)15-14(8-10-19-13)20-16(18-15)12-6-3-4-9-17-12/h1-7,9H,8,10H2. The Labute approximate surface area is 120 Å². The largest absolute Gasteiger partial charge is 0.493 e. The summed E-state index contributed by atoms with van der Waals surface area (Å²) < 4.78 is 5.79. The second kappa shape index (κ2) is 4.72. The lowest BCUT2D eigenvalue weighted by Gasteiger charge is -2.05. The van der Waals surface area contributed by atoms with Crippen molar-refractivity contribution in [3.05, 3.63) is 53.5 Å². The maximum atomic E-state index is 5.79. The third kappa shape index (κ3) is 1.89. The molecule has 3 aromatic rings. The monoisotopic (exact) mass is 280 g/mol. The Balaban J connectivity index is 1.88. The van der Waals surface area contributed by atoms with E-state index in [0.717, 1.165) is 34.1 Å². The SMILES string of the molecule is c1ccc(-c2nc3c(s2)CCOc2ccccc2-3)nc1. The molecular weight excluding hydrogens is 268 g/mol. The molecule has 98 valence electrons. The Hall–Kier alpha value is -2.20. The molecule has 3 nitrogen and oxygen atoms in total. The topological polar surface area (TPSA) is 35.0 Å². The number of aromatic nitrogens is 2. The number of hydrogen-bond donors (Lipinski definition) is 0. The Morgan fingerprint density at radius 3 is 2.85 bits per heavy atom. The van der Waals surface area contributed by atoms with E-state index < -0.39 is 0 Å². The number of ether oxygens (including phenoxy) is 1. The summed E-state index contributed by atoms with van der Waals surface area (Å²) in [6, 6.07) is 14.0. The van der Waals surface area contributed by atoms with Crippen LogP contribution < -0.4 is 4.74 Å². The van der Waals surface area contributed by atoms with Crippen LogP contribution in [0.5, 0.6) is 5.75 Å². The molecule has 20 heavy (non-hydrogen) atoms. The average molecular weight is 280 g/mol. The van der Waals surface area contributed by atoms with Gasteiger partial charge in [-0.1, -0.05) is 18.2 Å². The van der Waals surface area contributed by atoms with Gasteiger partial charge in [-0.15, -0.1) is 11.3 Å². The predicted molar refractivity (Wildman–Crippen MR) is 80.0 cm³/mol. The maximum Gasteiger partial charge on any atom is 0.142 e. The lowest BCUT2D eigenvalue weighted by Crippen LogP contribution is -1.97. The van der Waals surface area contributed by atoms with Crippen LogP contribution in [0.15, 0.2) is 48.7 Å². The summed E-state index contributed by atoms with van der Waals surface area (Å²) in [4.78, 5) is 10.5. The fraction of sp³-hybridized carbons (Fsp3) is 0.125. The van der Waals surface area contributed by atoms with Crippen molar-refractivity contribution in [1.82, 2.24) is 9.97 Å². The van der Waals surface area contributed by atoms with Gasteiger partial charge in [-0.2, -0.15) is 0 Å². The van der Waals surface area contributed by atoms with Crippen molar-refractivity contribution in [2.24, 2.45) is 0 Å². The molecule has 0 radical (unpaired) electrons. The van der Waals surface area contributed by atoms with Gasteiger partial charge in [0, 0.05) is 23.1 Å². The number of benzene rings is 1. The van der Waals surface area contributed by atoms with E-state index in [9.17, 15) is 0 Å². The molecule has 0 spiro atoms. The van der Waals surface area contributed by atoms with E-state index in [4.69, 9.17) is 9.72 Å². The summed E-state index contributed by atoms with van der Waals surface area (Å²) in [7, 11) is 0. The molecule has 0 unspecified atom stereocenters. The maximum absolute atomic E-state index is 5.79. The van der Waals surface area contributed by atoms with Gasteiger partial charge in [0.1, 0.15) is 10.8 Å². The molecule has 0 aliphatic carbocycles. The third-order valence-electron chi connectivity index (χ3n) is 3.31. The van der Waals surface area contributed by atoms with Gasteiger partial charge in [-0.25, -0.2) is 4.98 Å². The highest BCUT2D eigenvalue weighted by atomic mass is 32.1. The second-order valence-corrected chi connectivity index (χ2v) is 5.68. The minimum Gasteiger partial charge on any atom is -0.493 e. The van der Waals surface area contributed by atoms with Crippen LogP contribution >= 0.6 is 11.3 Å². The average Bonchev–Trinajstić information content (AvgIpc) is 2.85. The smallest absolute Gasteiger partial charge is 0.142 e. The van der Waals surface area contributed by atoms with Crippen LogP contribution in [0, 0.1) is 0 Å². The number of fused-ring (bicyclic) bond motifs is 3. The lowest BCUT2D eigenvalue weighted by molar-refractivity contribution is 0.327. The molecule has 0 saturated carbocycles. The van der Waals surface area contributed by atoms with Crippen molar-refractivity contribution >= 4 is 11.3 Å². The summed E-state index contributed by atoms with van der Waals surface area (Å²) in [5.74, 6) is 0.920. The van der Waals surface area contributed by atoms with E-state index in [-0.39, 0.29) is 0 Å². The van der Waals surface area contributed by atoms with Crippen LogP contribution in [-0.2, 0) is 6.42 Å². The Kier molecular flexibility index (Phi) is 2.74. The highest BCUT2D eigenvalue weighted by Gasteiger charge is 2.20. The number of thiazole rings is 1. The zero-order valence-corrected chi connectivity index (χ0v) is 11.6. The number of rotatable bonds is 1. The van der Waals surface area contributed by atoms with E-state index >= 15 is 0 Å². The summed E-state index contributed by atoms with van der Waals surface area (Å²) >= 11 is 1.71. The second-order valence-electron chi connectivity index (χ2n) is 4.60. The molecule has 0 bridgehead atoms. The molecule has 1 aliphatic heterocycles. The molecule has 4 rings (SSSR count). The third-order valence-corrected chi connectivity index (χ3v) is 4.45. The van der Waals surface area contributed by atoms with Crippen LogP contribution in [0.3, 0.4) is 0 Å². The van der Waals surface area contributed by atoms with E-state index in [1.807, 2.05) is 36.4 Å². The van der Waals surface area contributed by atoms with Crippen molar-refractivity contribution < 1.29 is 4.74 Å².